The first-order valence-corrected chi connectivity index (χ1v) is 8.44. The summed E-state index contributed by atoms with van der Waals surface area (Å²) in [5, 5.41) is 5.16. The fraction of sp³-hybridized carbons (Fsp3) is 0.211. The smallest absolute Gasteiger partial charge is 0.338 e. The van der Waals surface area contributed by atoms with Crippen LogP contribution in [0.5, 0.6) is 0 Å². The fourth-order valence-corrected chi connectivity index (χ4v) is 2.31. The van der Waals surface area contributed by atoms with E-state index in [2.05, 4.69) is 10.6 Å². The predicted molar refractivity (Wildman–Crippen MR) is 98.9 cm³/mol. The molecule has 0 heterocycles. The molecule has 1 unspecified atom stereocenters. The maximum Gasteiger partial charge on any atom is 0.338 e. The van der Waals surface area contributed by atoms with E-state index in [0.29, 0.717) is 6.54 Å². The summed E-state index contributed by atoms with van der Waals surface area (Å²) in [5.74, 6) is -1.95. The minimum absolute atomic E-state index is 0.0386. The normalized spacial score (nSPS) is 11.4. The van der Waals surface area contributed by atoms with Crippen molar-refractivity contribution in [1.29, 1.82) is 0 Å². The van der Waals surface area contributed by atoms with E-state index in [4.69, 9.17) is 16.3 Å². The molecule has 0 bridgehead atoms. The molecule has 0 radical (unpaired) electrons. The van der Waals surface area contributed by atoms with Crippen LogP contribution in [0.25, 0.3) is 0 Å². The molecule has 2 rings (SSSR count). The van der Waals surface area contributed by atoms with Gasteiger partial charge in [0.1, 0.15) is 5.82 Å². The third-order valence-corrected chi connectivity index (χ3v) is 3.89. The lowest BCUT2D eigenvalue weighted by Crippen LogP contribution is -2.30. The first kappa shape index (κ1) is 20.4. The Kier molecular flexibility index (Phi) is 6.90. The Morgan fingerprint density at radius 2 is 1.81 bits per heavy atom. The lowest BCUT2D eigenvalue weighted by molar-refractivity contribution is -0.123. The van der Waals surface area contributed by atoms with Gasteiger partial charge in [-0.3, -0.25) is 9.59 Å². The number of amides is 2. The number of esters is 1. The molecule has 0 aliphatic heterocycles. The molecule has 8 heteroatoms. The number of halogens is 2. The second kappa shape index (κ2) is 9.14. The van der Waals surface area contributed by atoms with E-state index in [1.165, 1.54) is 19.9 Å². The summed E-state index contributed by atoms with van der Waals surface area (Å²) >= 11 is 5.85. The van der Waals surface area contributed by atoms with Gasteiger partial charge < -0.3 is 15.4 Å². The first-order valence-electron chi connectivity index (χ1n) is 8.06. The summed E-state index contributed by atoms with van der Waals surface area (Å²) < 4.78 is 18.2. The van der Waals surface area contributed by atoms with Crippen LogP contribution in [0.2, 0.25) is 5.02 Å². The summed E-state index contributed by atoms with van der Waals surface area (Å²) in [7, 11) is 0. The van der Waals surface area contributed by atoms with Gasteiger partial charge in [0.2, 0.25) is 5.91 Å². The zero-order valence-corrected chi connectivity index (χ0v) is 15.5. The molecule has 0 fully saturated rings. The van der Waals surface area contributed by atoms with Crippen LogP contribution in [0.3, 0.4) is 0 Å². The Balaban J connectivity index is 1.93. The van der Waals surface area contributed by atoms with Crippen LogP contribution in [0.1, 0.15) is 29.8 Å². The highest BCUT2D eigenvalue weighted by atomic mass is 35.5. The second-order valence-corrected chi connectivity index (χ2v) is 6.17. The average Bonchev–Trinajstić information content (AvgIpc) is 2.62. The maximum absolute atomic E-state index is 13.0. The van der Waals surface area contributed by atoms with Gasteiger partial charge in [0.15, 0.2) is 6.10 Å². The first-order chi connectivity index (χ1) is 12.8. The van der Waals surface area contributed by atoms with Gasteiger partial charge in [0.05, 0.1) is 16.3 Å². The highest BCUT2D eigenvalue weighted by Gasteiger charge is 2.20. The maximum atomic E-state index is 13.0. The molecule has 142 valence electrons. The van der Waals surface area contributed by atoms with Crippen molar-refractivity contribution in [3.8, 4) is 0 Å². The molecular formula is C19H18ClFN2O4. The molecule has 2 N–H and O–H groups in total. The second-order valence-electron chi connectivity index (χ2n) is 5.77. The highest BCUT2D eigenvalue weighted by Crippen LogP contribution is 2.22. The zero-order chi connectivity index (χ0) is 20.0. The lowest BCUT2D eigenvalue weighted by Gasteiger charge is -2.14. The van der Waals surface area contributed by atoms with Gasteiger partial charge >= 0.3 is 5.97 Å². The molecule has 2 aromatic carbocycles. The molecule has 6 nitrogen and oxygen atoms in total. The van der Waals surface area contributed by atoms with E-state index >= 15 is 0 Å². The summed E-state index contributed by atoms with van der Waals surface area (Å²) in [5.41, 5.74) is 1.30. The summed E-state index contributed by atoms with van der Waals surface area (Å²) in [6.45, 7) is 3.18. The largest absolute Gasteiger partial charge is 0.449 e. The Morgan fingerprint density at radius 3 is 2.41 bits per heavy atom. The SMILES string of the molecule is CC(=O)NCc1ccc(C(=O)OC(C)C(=O)Nc2ccc(F)cc2Cl)cc1. The molecule has 0 saturated carbocycles. The minimum atomic E-state index is -1.09. The number of ether oxygens (including phenoxy) is 1. The van der Waals surface area contributed by atoms with Crippen molar-refractivity contribution in [1.82, 2.24) is 5.32 Å². The van der Waals surface area contributed by atoms with E-state index in [1.807, 2.05) is 0 Å². The third kappa shape index (κ3) is 6.07. The van der Waals surface area contributed by atoms with Gasteiger partial charge in [-0.1, -0.05) is 23.7 Å². The van der Waals surface area contributed by atoms with Gasteiger partial charge in [0, 0.05) is 13.5 Å². The summed E-state index contributed by atoms with van der Waals surface area (Å²) in [6.07, 6.45) is -1.09. The van der Waals surface area contributed by atoms with Crippen LogP contribution in [0.4, 0.5) is 10.1 Å². The van der Waals surface area contributed by atoms with Crippen LogP contribution in [0.15, 0.2) is 42.5 Å². The highest BCUT2D eigenvalue weighted by molar-refractivity contribution is 6.33. The van der Waals surface area contributed by atoms with Gasteiger partial charge in [-0.15, -0.1) is 0 Å². The van der Waals surface area contributed by atoms with Crippen LogP contribution in [0, 0.1) is 5.82 Å². The van der Waals surface area contributed by atoms with Crippen molar-refractivity contribution in [2.75, 3.05) is 5.32 Å². The number of carbonyl (C=O) groups excluding carboxylic acids is 3. The summed E-state index contributed by atoms with van der Waals surface area (Å²) in [6, 6.07) is 9.97. The summed E-state index contributed by atoms with van der Waals surface area (Å²) in [4.78, 5) is 35.2. The van der Waals surface area contributed by atoms with Crippen LogP contribution < -0.4 is 10.6 Å². The number of anilines is 1. The standard InChI is InChI=1S/C19H18ClFN2O4/c1-11(18(25)23-17-8-7-15(21)9-16(17)20)27-19(26)14-5-3-13(4-6-14)10-22-12(2)24/h3-9,11H,10H2,1-2H3,(H,22,24)(H,23,25). The molecule has 2 amide bonds. The van der Waals surface area contributed by atoms with E-state index < -0.39 is 23.8 Å². The van der Waals surface area contributed by atoms with Crippen molar-refractivity contribution in [2.24, 2.45) is 0 Å². The molecule has 0 spiro atoms. The van der Waals surface area contributed by atoms with E-state index in [0.717, 1.165) is 17.7 Å². The number of rotatable bonds is 6. The molecule has 0 aromatic heterocycles. The van der Waals surface area contributed by atoms with Crippen molar-refractivity contribution in [3.05, 3.63) is 64.4 Å². The topological polar surface area (TPSA) is 84.5 Å². The van der Waals surface area contributed by atoms with Crippen molar-refractivity contribution in [2.45, 2.75) is 26.5 Å². The molecule has 27 heavy (non-hydrogen) atoms. The number of nitrogens with one attached hydrogen (secondary N) is 2. The molecule has 1 atom stereocenters. The van der Waals surface area contributed by atoms with Gasteiger partial charge in [-0.25, -0.2) is 9.18 Å². The van der Waals surface area contributed by atoms with Crippen molar-refractivity contribution >= 4 is 35.1 Å². The lowest BCUT2D eigenvalue weighted by atomic mass is 10.1. The van der Waals surface area contributed by atoms with Crippen LogP contribution >= 0.6 is 11.6 Å². The number of carbonyl (C=O) groups is 3. The third-order valence-electron chi connectivity index (χ3n) is 3.57. The monoisotopic (exact) mass is 392 g/mol. The average molecular weight is 393 g/mol. The van der Waals surface area contributed by atoms with E-state index in [-0.39, 0.29) is 22.2 Å². The van der Waals surface area contributed by atoms with E-state index in [1.54, 1.807) is 24.3 Å². The van der Waals surface area contributed by atoms with Gasteiger partial charge in [0.25, 0.3) is 5.91 Å². The number of hydrogen-bond donors (Lipinski definition) is 2. The molecular weight excluding hydrogens is 375 g/mol. The zero-order valence-electron chi connectivity index (χ0n) is 14.7. The van der Waals surface area contributed by atoms with Crippen molar-refractivity contribution in [3.63, 3.8) is 0 Å². The number of hydrogen-bond acceptors (Lipinski definition) is 4. The quantitative estimate of drug-likeness (QED) is 0.739. The fourth-order valence-electron chi connectivity index (χ4n) is 2.09. The molecule has 0 aliphatic carbocycles. The number of benzene rings is 2. The molecule has 2 aromatic rings. The minimum Gasteiger partial charge on any atom is -0.449 e. The van der Waals surface area contributed by atoms with E-state index in [9.17, 15) is 18.8 Å². The van der Waals surface area contributed by atoms with Gasteiger partial charge in [-0.05, 0) is 42.8 Å². The van der Waals surface area contributed by atoms with Gasteiger partial charge in [-0.2, -0.15) is 0 Å². The predicted octanol–water partition coefficient (Wildman–Crippen LogP) is 3.30. The molecule has 0 aliphatic rings. The Labute approximate surface area is 160 Å². The molecule has 0 saturated heterocycles. The van der Waals surface area contributed by atoms with Crippen molar-refractivity contribution < 1.29 is 23.5 Å². The Hall–Kier alpha value is -2.93. The van der Waals surface area contributed by atoms with Crippen LogP contribution in [-0.4, -0.2) is 23.9 Å². The Morgan fingerprint density at radius 1 is 1.15 bits per heavy atom. The van der Waals surface area contributed by atoms with Crippen LogP contribution in [-0.2, 0) is 20.9 Å². The Bertz CT molecular complexity index is 855.